The van der Waals surface area contributed by atoms with Gasteiger partial charge in [0.1, 0.15) is 0 Å². The van der Waals surface area contributed by atoms with Gasteiger partial charge in [-0.25, -0.2) is 0 Å². The molecule has 0 bridgehead atoms. The molecule has 98 valence electrons. The van der Waals surface area contributed by atoms with E-state index in [0.717, 1.165) is 45.5 Å². The van der Waals surface area contributed by atoms with Crippen molar-refractivity contribution in [2.24, 2.45) is 11.8 Å². The summed E-state index contributed by atoms with van der Waals surface area (Å²) in [4.78, 5) is 0. The molecule has 2 aliphatic heterocycles. The highest BCUT2D eigenvalue weighted by Gasteiger charge is 2.52. The highest BCUT2D eigenvalue weighted by atomic mass is 16.6. The molecule has 3 heteroatoms. The second kappa shape index (κ2) is 4.22. The van der Waals surface area contributed by atoms with Gasteiger partial charge in [-0.3, -0.25) is 0 Å². The Kier molecular flexibility index (Phi) is 2.96. The standard InChI is InChI=1S/C14H24O3/c1-2-14(15,11-3-4-11)12-5-7-17-13(9-12)6-8-16-10-13/h11-12,15H,2-10H2,1H3. The van der Waals surface area contributed by atoms with Crippen LogP contribution in [0.4, 0.5) is 0 Å². The maximum atomic E-state index is 10.9. The topological polar surface area (TPSA) is 38.7 Å². The lowest BCUT2D eigenvalue weighted by Crippen LogP contribution is -2.49. The van der Waals surface area contributed by atoms with E-state index in [-0.39, 0.29) is 5.60 Å². The molecular formula is C14H24O3. The molecule has 0 aromatic rings. The van der Waals surface area contributed by atoms with Crippen LogP contribution >= 0.6 is 0 Å². The molecule has 1 saturated carbocycles. The van der Waals surface area contributed by atoms with Gasteiger partial charge in [0.2, 0.25) is 0 Å². The lowest BCUT2D eigenvalue weighted by atomic mass is 9.72. The van der Waals surface area contributed by atoms with Gasteiger partial charge in [0.15, 0.2) is 0 Å². The molecule has 1 N–H and O–H groups in total. The summed E-state index contributed by atoms with van der Waals surface area (Å²) in [6, 6.07) is 0. The van der Waals surface area contributed by atoms with Crippen LogP contribution in [0, 0.1) is 11.8 Å². The molecule has 2 heterocycles. The highest BCUT2D eigenvalue weighted by molar-refractivity contribution is 5.03. The van der Waals surface area contributed by atoms with E-state index in [9.17, 15) is 5.11 Å². The third-order valence-electron chi connectivity index (χ3n) is 5.12. The molecule has 3 rings (SSSR count). The zero-order valence-electron chi connectivity index (χ0n) is 10.8. The van der Waals surface area contributed by atoms with Crippen LogP contribution in [0.15, 0.2) is 0 Å². The molecule has 3 nitrogen and oxygen atoms in total. The summed E-state index contributed by atoms with van der Waals surface area (Å²) >= 11 is 0. The van der Waals surface area contributed by atoms with Crippen LogP contribution in [0.3, 0.4) is 0 Å². The molecule has 17 heavy (non-hydrogen) atoms. The van der Waals surface area contributed by atoms with Gasteiger partial charge in [0.25, 0.3) is 0 Å². The Morgan fingerprint density at radius 3 is 2.65 bits per heavy atom. The van der Waals surface area contributed by atoms with Crippen LogP contribution < -0.4 is 0 Å². The molecule has 3 aliphatic rings. The number of ether oxygens (including phenoxy) is 2. The van der Waals surface area contributed by atoms with Crippen molar-refractivity contribution in [3.8, 4) is 0 Å². The zero-order valence-corrected chi connectivity index (χ0v) is 10.8. The molecule has 0 aromatic carbocycles. The zero-order chi connectivity index (χ0) is 11.9. The van der Waals surface area contributed by atoms with Crippen molar-refractivity contribution < 1.29 is 14.6 Å². The van der Waals surface area contributed by atoms with E-state index in [2.05, 4.69) is 6.92 Å². The second-order valence-electron chi connectivity index (χ2n) is 6.14. The van der Waals surface area contributed by atoms with Gasteiger partial charge in [-0.05, 0) is 43.9 Å². The molecule has 3 fully saturated rings. The van der Waals surface area contributed by atoms with Crippen molar-refractivity contribution in [3.05, 3.63) is 0 Å². The molecule has 1 spiro atoms. The lowest BCUT2D eigenvalue weighted by Gasteiger charge is -2.44. The van der Waals surface area contributed by atoms with Gasteiger partial charge in [0, 0.05) is 19.6 Å². The lowest BCUT2D eigenvalue weighted by molar-refractivity contribution is -0.150. The Balaban J connectivity index is 1.74. The van der Waals surface area contributed by atoms with Crippen LogP contribution in [0.5, 0.6) is 0 Å². The summed E-state index contributed by atoms with van der Waals surface area (Å²) in [5.74, 6) is 0.963. The Labute approximate surface area is 103 Å². The number of hydrogen-bond donors (Lipinski definition) is 1. The van der Waals surface area contributed by atoms with Gasteiger partial charge in [-0.15, -0.1) is 0 Å². The van der Waals surface area contributed by atoms with Gasteiger partial charge >= 0.3 is 0 Å². The summed E-state index contributed by atoms with van der Waals surface area (Å²) in [6.45, 7) is 4.48. The van der Waals surface area contributed by atoms with Crippen molar-refractivity contribution in [1.82, 2.24) is 0 Å². The first kappa shape index (κ1) is 11.9. The van der Waals surface area contributed by atoms with E-state index in [1.165, 1.54) is 12.8 Å². The van der Waals surface area contributed by atoms with E-state index in [4.69, 9.17) is 9.47 Å². The molecule has 3 unspecified atom stereocenters. The number of aliphatic hydroxyl groups is 1. The van der Waals surface area contributed by atoms with Crippen molar-refractivity contribution >= 4 is 0 Å². The van der Waals surface area contributed by atoms with Crippen LogP contribution in [0.1, 0.15) is 45.4 Å². The summed E-state index contributed by atoms with van der Waals surface area (Å²) in [5, 5.41) is 10.9. The highest BCUT2D eigenvalue weighted by Crippen LogP contribution is 2.50. The Hall–Kier alpha value is -0.120. The normalized spacial score (nSPS) is 41.6. The number of rotatable bonds is 3. The van der Waals surface area contributed by atoms with E-state index in [1.54, 1.807) is 0 Å². The van der Waals surface area contributed by atoms with Gasteiger partial charge in [-0.1, -0.05) is 6.92 Å². The Morgan fingerprint density at radius 1 is 1.24 bits per heavy atom. The van der Waals surface area contributed by atoms with Crippen LogP contribution in [0.25, 0.3) is 0 Å². The van der Waals surface area contributed by atoms with E-state index >= 15 is 0 Å². The van der Waals surface area contributed by atoms with Crippen LogP contribution in [-0.4, -0.2) is 36.1 Å². The first-order valence-electron chi connectivity index (χ1n) is 7.13. The van der Waals surface area contributed by atoms with E-state index in [0.29, 0.717) is 11.8 Å². The minimum absolute atomic E-state index is 0.0685. The minimum Gasteiger partial charge on any atom is -0.389 e. The van der Waals surface area contributed by atoms with Crippen molar-refractivity contribution in [2.75, 3.05) is 19.8 Å². The summed E-state index contributed by atoms with van der Waals surface area (Å²) in [6.07, 6.45) is 6.33. The fourth-order valence-corrected chi connectivity index (χ4v) is 3.81. The molecule has 0 amide bonds. The third-order valence-corrected chi connectivity index (χ3v) is 5.12. The smallest absolute Gasteiger partial charge is 0.0940 e. The predicted molar refractivity (Wildman–Crippen MR) is 64.8 cm³/mol. The first-order chi connectivity index (χ1) is 8.19. The summed E-state index contributed by atoms with van der Waals surface area (Å²) in [5.41, 5.74) is -0.500. The van der Waals surface area contributed by atoms with Gasteiger partial charge in [-0.2, -0.15) is 0 Å². The average Bonchev–Trinajstić information content (AvgIpc) is 3.13. The van der Waals surface area contributed by atoms with Gasteiger partial charge in [0.05, 0.1) is 17.8 Å². The molecular weight excluding hydrogens is 216 g/mol. The Morgan fingerprint density at radius 2 is 2.06 bits per heavy atom. The summed E-state index contributed by atoms with van der Waals surface area (Å²) < 4.78 is 11.5. The number of hydrogen-bond acceptors (Lipinski definition) is 3. The van der Waals surface area contributed by atoms with Crippen molar-refractivity contribution in [3.63, 3.8) is 0 Å². The van der Waals surface area contributed by atoms with E-state index < -0.39 is 5.60 Å². The quantitative estimate of drug-likeness (QED) is 0.821. The minimum atomic E-state index is -0.431. The van der Waals surface area contributed by atoms with Crippen molar-refractivity contribution in [2.45, 2.75) is 56.7 Å². The Bertz CT molecular complexity index is 281. The summed E-state index contributed by atoms with van der Waals surface area (Å²) in [7, 11) is 0. The van der Waals surface area contributed by atoms with Gasteiger partial charge < -0.3 is 14.6 Å². The average molecular weight is 240 g/mol. The molecule has 0 radical (unpaired) electrons. The monoisotopic (exact) mass is 240 g/mol. The molecule has 0 aromatic heterocycles. The largest absolute Gasteiger partial charge is 0.389 e. The maximum absolute atomic E-state index is 10.9. The third kappa shape index (κ3) is 2.02. The van der Waals surface area contributed by atoms with Crippen LogP contribution in [0.2, 0.25) is 0 Å². The van der Waals surface area contributed by atoms with E-state index in [1.807, 2.05) is 0 Å². The second-order valence-corrected chi connectivity index (χ2v) is 6.14. The molecule has 1 aliphatic carbocycles. The maximum Gasteiger partial charge on any atom is 0.0940 e. The van der Waals surface area contributed by atoms with Crippen molar-refractivity contribution in [1.29, 1.82) is 0 Å². The van der Waals surface area contributed by atoms with Crippen LogP contribution in [-0.2, 0) is 9.47 Å². The molecule has 2 saturated heterocycles. The first-order valence-corrected chi connectivity index (χ1v) is 7.13. The fraction of sp³-hybridized carbons (Fsp3) is 1.00. The fourth-order valence-electron chi connectivity index (χ4n) is 3.81. The predicted octanol–water partition coefficient (Wildman–Crippen LogP) is 2.12. The SMILES string of the molecule is CCC(O)(C1CC1)C1CCOC2(CCOC2)C1. The molecule has 3 atom stereocenters.